The Kier molecular flexibility index (Phi) is 6.05. The molecule has 0 aliphatic heterocycles. The van der Waals surface area contributed by atoms with Crippen molar-refractivity contribution in [3.63, 3.8) is 0 Å². The first-order chi connectivity index (χ1) is 9.45. The second-order valence-corrected chi connectivity index (χ2v) is 4.08. The van der Waals surface area contributed by atoms with Crippen molar-refractivity contribution in [1.82, 2.24) is 4.90 Å². The van der Waals surface area contributed by atoms with E-state index in [1.807, 2.05) is 0 Å². The third-order valence-corrected chi connectivity index (χ3v) is 2.63. The van der Waals surface area contributed by atoms with Crippen molar-refractivity contribution in [3.8, 4) is 0 Å². The molecule has 1 rings (SSSR count). The fraction of sp³-hybridized carbons (Fsp3) is 0.385. The van der Waals surface area contributed by atoms with Gasteiger partial charge in [-0.2, -0.15) is 0 Å². The van der Waals surface area contributed by atoms with Crippen molar-refractivity contribution >= 4 is 11.9 Å². The summed E-state index contributed by atoms with van der Waals surface area (Å²) in [7, 11) is 1.40. The number of benzene rings is 1. The molecule has 1 aromatic carbocycles. The van der Waals surface area contributed by atoms with E-state index in [1.54, 1.807) is 0 Å². The lowest BCUT2D eigenvalue weighted by molar-refractivity contribution is -0.144. The van der Waals surface area contributed by atoms with Crippen molar-refractivity contribution in [2.24, 2.45) is 0 Å². The summed E-state index contributed by atoms with van der Waals surface area (Å²) in [4.78, 5) is 23.6. The third-order valence-electron chi connectivity index (χ3n) is 2.63. The molecule has 7 heteroatoms. The fourth-order valence-corrected chi connectivity index (χ4v) is 1.62. The Labute approximate surface area is 114 Å². The van der Waals surface area contributed by atoms with Gasteiger partial charge in [-0.1, -0.05) is 6.07 Å². The van der Waals surface area contributed by atoms with E-state index in [0.29, 0.717) is 0 Å². The molecule has 0 saturated carbocycles. The van der Waals surface area contributed by atoms with Crippen LogP contribution in [0.5, 0.6) is 0 Å². The normalized spacial score (nSPS) is 10.3. The highest BCUT2D eigenvalue weighted by atomic mass is 19.1. The minimum absolute atomic E-state index is 0.0394. The van der Waals surface area contributed by atoms with Gasteiger partial charge in [-0.25, -0.2) is 8.78 Å². The maximum absolute atomic E-state index is 13.4. The molecule has 0 aromatic heterocycles. The number of ether oxygens (including phenoxy) is 1. The quantitative estimate of drug-likeness (QED) is 0.814. The van der Waals surface area contributed by atoms with Gasteiger partial charge in [0.2, 0.25) is 5.91 Å². The highest BCUT2D eigenvalue weighted by Crippen LogP contribution is 2.13. The highest BCUT2D eigenvalue weighted by molar-refractivity contribution is 5.83. The molecule has 0 aliphatic rings. The number of nitrogens with zero attached hydrogens (tertiary/aromatic N) is 1. The van der Waals surface area contributed by atoms with E-state index in [1.165, 1.54) is 13.2 Å². The predicted octanol–water partition coefficient (Wildman–Crippen LogP) is 1.07. The Balaban J connectivity index is 2.81. The largest absolute Gasteiger partial charge is 0.480 e. The van der Waals surface area contributed by atoms with Crippen LogP contribution in [-0.4, -0.2) is 48.7 Å². The average molecular weight is 287 g/mol. The Bertz CT molecular complexity index is 473. The monoisotopic (exact) mass is 287 g/mol. The number of aliphatic carboxylic acids is 1. The van der Waals surface area contributed by atoms with E-state index in [-0.39, 0.29) is 18.7 Å². The van der Waals surface area contributed by atoms with Gasteiger partial charge in [0.15, 0.2) is 0 Å². The van der Waals surface area contributed by atoms with E-state index >= 15 is 0 Å². The topological polar surface area (TPSA) is 66.8 Å². The molecule has 110 valence electrons. The SMILES string of the molecule is COCCN(CC(=O)O)C(=O)Cc1c(F)cccc1F. The van der Waals surface area contributed by atoms with Gasteiger partial charge in [0.1, 0.15) is 18.2 Å². The van der Waals surface area contributed by atoms with Crippen LogP contribution in [0, 0.1) is 11.6 Å². The van der Waals surface area contributed by atoms with E-state index in [9.17, 15) is 18.4 Å². The van der Waals surface area contributed by atoms with Crippen molar-refractivity contribution < 1.29 is 28.2 Å². The molecule has 5 nitrogen and oxygen atoms in total. The van der Waals surface area contributed by atoms with Crippen LogP contribution in [0.15, 0.2) is 18.2 Å². The number of hydrogen-bond donors (Lipinski definition) is 1. The Morgan fingerprint density at radius 2 is 1.90 bits per heavy atom. The first-order valence-corrected chi connectivity index (χ1v) is 5.87. The maximum Gasteiger partial charge on any atom is 0.323 e. The lowest BCUT2D eigenvalue weighted by atomic mass is 10.1. The van der Waals surface area contributed by atoms with E-state index in [4.69, 9.17) is 9.84 Å². The summed E-state index contributed by atoms with van der Waals surface area (Å²) >= 11 is 0. The zero-order chi connectivity index (χ0) is 15.1. The summed E-state index contributed by atoms with van der Waals surface area (Å²) in [6.45, 7) is -0.366. The summed E-state index contributed by atoms with van der Waals surface area (Å²) < 4.78 is 31.6. The van der Waals surface area contributed by atoms with Crippen LogP contribution in [0.25, 0.3) is 0 Å². The number of halogens is 2. The lowest BCUT2D eigenvalue weighted by Crippen LogP contribution is -2.39. The molecule has 1 aromatic rings. The van der Waals surface area contributed by atoms with Gasteiger partial charge in [-0.15, -0.1) is 0 Å². The molecule has 0 aliphatic carbocycles. The molecular weight excluding hydrogens is 272 g/mol. The number of carboxylic acid groups (broad SMARTS) is 1. The molecule has 0 bridgehead atoms. The number of carboxylic acids is 1. The van der Waals surface area contributed by atoms with Crippen LogP contribution < -0.4 is 0 Å². The van der Waals surface area contributed by atoms with Gasteiger partial charge in [-0.3, -0.25) is 9.59 Å². The average Bonchev–Trinajstić information content (AvgIpc) is 2.38. The summed E-state index contributed by atoms with van der Waals surface area (Å²) in [5.41, 5.74) is -0.370. The minimum Gasteiger partial charge on any atom is -0.480 e. The van der Waals surface area contributed by atoms with Crippen molar-refractivity contribution in [2.75, 3.05) is 26.8 Å². The maximum atomic E-state index is 13.4. The van der Waals surface area contributed by atoms with Crippen molar-refractivity contribution in [2.45, 2.75) is 6.42 Å². The molecule has 0 spiro atoms. The molecule has 0 fully saturated rings. The molecule has 1 N–H and O–H groups in total. The first-order valence-electron chi connectivity index (χ1n) is 5.87. The van der Waals surface area contributed by atoms with Crippen molar-refractivity contribution in [1.29, 1.82) is 0 Å². The summed E-state index contributed by atoms with van der Waals surface area (Å²) in [6.07, 6.45) is -0.532. The van der Waals surface area contributed by atoms with Crippen LogP contribution >= 0.6 is 0 Å². The van der Waals surface area contributed by atoms with Crippen LogP contribution in [-0.2, 0) is 20.7 Å². The smallest absolute Gasteiger partial charge is 0.323 e. The van der Waals surface area contributed by atoms with Gasteiger partial charge >= 0.3 is 5.97 Å². The molecule has 0 saturated heterocycles. The second kappa shape index (κ2) is 7.54. The van der Waals surface area contributed by atoms with E-state index < -0.39 is 36.5 Å². The second-order valence-electron chi connectivity index (χ2n) is 4.08. The number of methoxy groups -OCH3 is 1. The van der Waals surface area contributed by atoms with Crippen LogP contribution in [0.1, 0.15) is 5.56 Å². The highest BCUT2D eigenvalue weighted by Gasteiger charge is 2.20. The van der Waals surface area contributed by atoms with Gasteiger partial charge in [0.05, 0.1) is 13.0 Å². The zero-order valence-electron chi connectivity index (χ0n) is 10.9. The van der Waals surface area contributed by atoms with Crippen LogP contribution in [0.2, 0.25) is 0 Å². The van der Waals surface area contributed by atoms with Gasteiger partial charge in [0, 0.05) is 19.2 Å². The molecule has 20 heavy (non-hydrogen) atoms. The fourth-order valence-electron chi connectivity index (χ4n) is 1.62. The molecule has 0 radical (unpaired) electrons. The van der Waals surface area contributed by atoms with Gasteiger partial charge in [-0.05, 0) is 12.1 Å². The van der Waals surface area contributed by atoms with E-state index in [2.05, 4.69) is 0 Å². The van der Waals surface area contributed by atoms with Gasteiger partial charge in [0.25, 0.3) is 0 Å². The van der Waals surface area contributed by atoms with E-state index in [0.717, 1.165) is 17.0 Å². The number of amides is 1. The molecule has 0 atom stereocenters. The first kappa shape index (κ1) is 16.0. The molecule has 0 unspecified atom stereocenters. The summed E-state index contributed by atoms with van der Waals surface area (Å²) in [6, 6.07) is 3.28. The van der Waals surface area contributed by atoms with Crippen LogP contribution in [0.4, 0.5) is 8.78 Å². The summed E-state index contributed by atoms with van der Waals surface area (Å²) in [5, 5.41) is 8.72. The molecular formula is C13H15F2NO4. The van der Waals surface area contributed by atoms with Gasteiger partial charge < -0.3 is 14.7 Å². The Hall–Kier alpha value is -2.02. The predicted molar refractivity (Wildman–Crippen MR) is 66.2 cm³/mol. The Morgan fingerprint density at radius 1 is 1.30 bits per heavy atom. The molecule has 0 heterocycles. The minimum atomic E-state index is -1.21. The zero-order valence-corrected chi connectivity index (χ0v) is 10.9. The summed E-state index contributed by atoms with van der Waals surface area (Å²) in [5.74, 6) is -3.54. The number of rotatable bonds is 7. The standard InChI is InChI=1S/C13H15F2NO4/c1-20-6-5-16(8-13(18)19)12(17)7-9-10(14)3-2-4-11(9)15/h2-4H,5-8H2,1H3,(H,18,19). The van der Waals surface area contributed by atoms with Crippen molar-refractivity contribution in [3.05, 3.63) is 35.4 Å². The van der Waals surface area contributed by atoms with Crippen LogP contribution in [0.3, 0.4) is 0 Å². The number of carbonyl (C=O) groups is 2. The lowest BCUT2D eigenvalue weighted by Gasteiger charge is -2.20. The number of hydrogen-bond acceptors (Lipinski definition) is 3. The third kappa shape index (κ3) is 4.58. The molecule has 1 amide bonds. The Morgan fingerprint density at radius 3 is 2.40 bits per heavy atom. The number of carbonyl (C=O) groups excluding carboxylic acids is 1.